The summed E-state index contributed by atoms with van der Waals surface area (Å²) in [6.07, 6.45) is 6.89. The van der Waals surface area contributed by atoms with Crippen LogP contribution in [-0.2, 0) is 11.3 Å². The van der Waals surface area contributed by atoms with Crippen molar-refractivity contribution in [2.24, 2.45) is 5.92 Å². The average molecular weight is 514 g/mol. The highest BCUT2D eigenvalue weighted by molar-refractivity contribution is 7.17. The molecule has 1 atom stereocenters. The minimum Gasteiger partial charge on any atom is -0.333 e. The summed E-state index contributed by atoms with van der Waals surface area (Å²) in [6.45, 7) is 4.96. The number of benzene rings is 1. The maximum absolute atomic E-state index is 13.2. The first-order chi connectivity index (χ1) is 17.9. The first kappa shape index (κ1) is 24.5. The van der Waals surface area contributed by atoms with Gasteiger partial charge >= 0.3 is 0 Å². The minimum absolute atomic E-state index is 0.102. The molecular formula is C27H27N7O2S. The molecule has 4 aromatic rings. The zero-order valence-corrected chi connectivity index (χ0v) is 21.5. The van der Waals surface area contributed by atoms with Gasteiger partial charge in [0, 0.05) is 29.7 Å². The largest absolute Gasteiger partial charge is 0.333 e. The second-order valence-electron chi connectivity index (χ2n) is 9.37. The number of carbonyl (C=O) groups is 2. The monoisotopic (exact) mass is 513 g/mol. The predicted molar refractivity (Wildman–Crippen MR) is 143 cm³/mol. The smallest absolute Gasteiger partial charge is 0.268 e. The molecule has 0 spiro atoms. The van der Waals surface area contributed by atoms with Crippen LogP contribution in [0.1, 0.15) is 36.4 Å². The van der Waals surface area contributed by atoms with Crippen molar-refractivity contribution in [3.63, 3.8) is 0 Å². The van der Waals surface area contributed by atoms with E-state index in [0.29, 0.717) is 23.9 Å². The number of imidazole rings is 1. The molecule has 3 aromatic heterocycles. The first-order valence-electron chi connectivity index (χ1n) is 12.2. The Morgan fingerprint density at radius 3 is 2.89 bits per heavy atom. The van der Waals surface area contributed by atoms with Gasteiger partial charge in [0.1, 0.15) is 11.6 Å². The summed E-state index contributed by atoms with van der Waals surface area (Å²) in [5.41, 5.74) is 2.74. The van der Waals surface area contributed by atoms with E-state index < -0.39 is 0 Å². The third-order valence-electron chi connectivity index (χ3n) is 6.37. The highest BCUT2D eigenvalue weighted by atomic mass is 32.1. The number of aromatic amines is 1. The summed E-state index contributed by atoms with van der Waals surface area (Å²) in [7, 11) is 0. The number of likely N-dealkylation sites (tertiary alicyclic amines) is 1. The van der Waals surface area contributed by atoms with Gasteiger partial charge in [0.25, 0.3) is 11.8 Å². The Morgan fingerprint density at radius 2 is 2.14 bits per heavy atom. The van der Waals surface area contributed by atoms with E-state index in [1.165, 1.54) is 11.3 Å². The molecule has 4 heterocycles. The maximum Gasteiger partial charge on any atom is 0.268 e. The van der Waals surface area contributed by atoms with E-state index in [2.05, 4.69) is 21.6 Å². The maximum atomic E-state index is 13.2. The zero-order valence-electron chi connectivity index (χ0n) is 20.6. The lowest BCUT2D eigenvalue weighted by Crippen LogP contribution is -2.39. The van der Waals surface area contributed by atoms with Gasteiger partial charge in [-0.15, -0.1) is 11.3 Å². The number of allylic oxidation sites excluding steroid dienone is 1. The van der Waals surface area contributed by atoms with Crippen molar-refractivity contribution in [2.75, 3.05) is 11.9 Å². The number of hydrogen-bond acceptors (Lipinski definition) is 6. The summed E-state index contributed by atoms with van der Waals surface area (Å²) in [4.78, 5) is 34.4. The van der Waals surface area contributed by atoms with E-state index in [9.17, 15) is 14.9 Å². The van der Waals surface area contributed by atoms with Gasteiger partial charge in [-0.1, -0.05) is 32.1 Å². The van der Waals surface area contributed by atoms with Gasteiger partial charge in [-0.05, 0) is 43.0 Å². The van der Waals surface area contributed by atoms with Crippen molar-refractivity contribution >= 4 is 40.1 Å². The molecule has 0 aliphatic carbocycles. The van der Waals surface area contributed by atoms with Crippen LogP contribution in [0.2, 0.25) is 0 Å². The van der Waals surface area contributed by atoms with Crippen LogP contribution in [0.3, 0.4) is 0 Å². The van der Waals surface area contributed by atoms with Gasteiger partial charge in [0.15, 0.2) is 0 Å². The molecule has 2 N–H and O–H groups in total. The SMILES string of the molecule is CC(C)/C=C(\C#N)C(=O)N1CCC[C@@H]1Cn1c(NC(=O)c2ccc(-c3cn[nH]c3)s2)nc2ccccc21. The zero-order chi connectivity index (χ0) is 25.9. The summed E-state index contributed by atoms with van der Waals surface area (Å²) >= 11 is 1.38. The van der Waals surface area contributed by atoms with Gasteiger partial charge in [-0.25, -0.2) is 4.98 Å². The lowest BCUT2D eigenvalue weighted by atomic mass is 10.1. The number of thiophene rings is 1. The molecule has 37 heavy (non-hydrogen) atoms. The van der Waals surface area contributed by atoms with Crippen molar-refractivity contribution < 1.29 is 9.59 Å². The van der Waals surface area contributed by atoms with Gasteiger partial charge < -0.3 is 9.47 Å². The van der Waals surface area contributed by atoms with Crippen LogP contribution in [0, 0.1) is 17.2 Å². The number of nitrogens with zero attached hydrogens (tertiary/aromatic N) is 5. The van der Waals surface area contributed by atoms with Gasteiger partial charge in [-0.3, -0.25) is 20.0 Å². The number of carbonyl (C=O) groups excluding carboxylic acids is 2. The number of aromatic nitrogens is 4. The van der Waals surface area contributed by atoms with Crippen molar-refractivity contribution in [3.8, 4) is 16.5 Å². The van der Waals surface area contributed by atoms with E-state index >= 15 is 0 Å². The van der Waals surface area contributed by atoms with Crippen LogP contribution in [0.25, 0.3) is 21.5 Å². The summed E-state index contributed by atoms with van der Waals surface area (Å²) < 4.78 is 1.96. The number of nitrogens with one attached hydrogen (secondary N) is 2. The fourth-order valence-corrected chi connectivity index (χ4v) is 5.55. The molecule has 1 aliphatic heterocycles. The van der Waals surface area contributed by atoms with Crippen molar-refractivity contribution in [2.45, 2.75) is 39.3 Å². The molecule has 2 amide bonds. The number of fused-ring (bicyclic) bond motifs is 1. The minimum atomic E-state index is -0.248. The standard InChI is InChI=1S/C27H27N7O2S/c1-17(2)12-18(13-28)26(36)33-11-5-6-20(33)16-34-22-8-4-3-7-21(22)31-27(34)32-25(35)24-10-9-23(37-24)19-14-29-30-15-19/h3-4,7-10,12,14-15,17,20H,5-6,11,16H2,1-2H3,(H,29,30)(H,31,32,35)/b18-12+/t20-/m1/s1. The predicted octanol–water partition coefficient (Wildman–Crippen LogP) is 4.84. The van der Waals surface area contributed by atoms with Gasteiger partial charge in [0.2, 0.25) is 5.95 Å². The van der Waals surface area contributed by atoms with Crippen LogP contribution in [-0.4, -0.2) is 49.0 Å². The molecule has 188 valence electrons. The molecule has 5 rings (SSSR count). The molecule has 1 fully saturated rings. The molecule has 0 bridgehead atoms. The molecule has 1 saturated heterocycles. The van der Waals surface area contributed by atoms with Crippen molar-refractivity contribution in [1.29, 1.82) is 5.26 Å². The second-order valence-corrected chi connectivity index (χ2v) is 10.5. The Labute approximate surface area is 218 Å². The first-order valence-corrected chi connectivity index (χ1v) is 13.0. The van der Waals surface area contributed by atoms with Crippen LogP contribution in [0.4, 0.5) is 5.95 Å². The third kappa shape index (κ3) is 5.04. The molecule has 0 radical (unpaired) electrons. The fraction of sp³-hybridized carbons (Fsp3) is 0.296. The van der Waals surface area contributed by atoms with E-state index in [0.717, 1.165) is 34.3 Å². The van der Waals surface area contributed by atoms with Crippen LogP contribution < -0.4 is 5.32 Å². The van der Waals surface area contributed by atoms with E-state index in [4.69, 9.17) is 4.98 Å². The highest BCUT2D eigenvalue weighted by Crippen LogP contribution is 2.29. The number of hydrogen-bond donors (Lipinski definition) is 2. The van der Waals surface area contributed by atoms with Crippen LogP contribution in [0.5, 0.6) is 0 Å². The lowest BCUT2D eigenvalue weighted by molar-refractivity contribution is -0.127. The Morgan fingerprint density at radius 1 is 1.30 bits per heavy atom. The molecule has 1 aliphatic rings. The van der Waals surface area contributed by atoms with Gasteiger partial charge in [-0.2, -0.15) is 10.4 Å². The van der Waals surface area contributed by atoms with E-state index in [1.807, 2.05) is 48.7 Å². The summed E-state index contributed by atoms with van der Waals surface area (Å²) in [6, 6.07) is 13.3. The number of amides is 2. The van der Waals surface area contributed by atoms with Crippen LogP contribution in [0.15, 0.2) is 60.4 Å². The normalized spacial score (nSPS) is 15.9. The Kier molecular flexibility index (Phi) is 6.88. The Hall–Kier alpha value is -4.23. The Bertz CT molecular complexity index is 1510. The Balaban J connectivity index is 1.41. The molecule has 1 aromatic carbocycles. The molecular weight excluding hydrogens is 486 g/mol. The fourth-order valence-electron chi connectivity index (χ4n) is 4.67. The molecule has 10 heteroatoms. The number of para-hydroxylation sites is 2. The number of H-pyrrole nitrogens is 1. The number of rotatable bonds is 7. The van der Waals surface area contributed by atoms with Crippen LogP contribution >= 0.6 is 11.3 Å². The summed E-state index contributed by atoms with van der Waals surface area (Å²) in [5.74, 6) is 0.0497. The number of anilines is 1. The van der Waals surface area contributed by atoms with Crippen molar-refractivity contribution in [1.82, 2.24) is 24.6 Å². The highest BCUT2D eigenvalue weighted by Gasteiger charge is 2.32. The lowest BCUT2D eigenvalue weighted by Gasteiger charge is -2.26. The summed E-state index contributed by atoms with van der Waals surface area (Å²) in [5, 5.41) is 19.3. The van der Waals surface area contributed by atoms with E-state index in [-0.39, 0.29) is 29.3 Å². The van der Waals surface area contributed by atoms with E-state index in [1.54, 1.807) is 29.4 Å². The number of nitriles is 1. The third-order valence-corrected chi connectivity index (χ3v) is 7.51. The second kappa shape index (κ2) is 10.4. The van der Waals surface area contributed by atoms with Gasteiger partial charge in [0.05, 0.1) is 28.1 Å². The topological polar surface area (TPSA) is 120 Å². The molecule has 9 nitrogen and oxygen atoms in total. The average Bonchev–Trinajstić information content (AvgIpc) is 3.69. The molecule has 0 unspecified atom stereocenters. The quantitative estimate of drug-likeness (QED) is 0.271. The van der Waals surface area contributed by atoms with Crippen molar-refractivity contribution in [3.05, 3.63) is 65.3 Å². The molecule has 0 saturated carbocycles.